The van der Waals surface area contributed by atoms with Crippen LogP contribution >= 0.6 is 0 Å². The predicted octanol–water partition coefficient (Wildman–Crippen LogP) is -2.25. The van der Waals surface area contributed by atoms with E-state index in [1.54, 1.807) is 0 Å². The van der Waals surface area contributed by atoms with Gasteiger partial charge < -0.3 is 30.3 Å². The molecule has 0 fully saturated rings. The standard InChI is InChI=1S/Co.3HNO2.Na/c;3*2-1-3;/h;3*(H,2,3);/q+2;;;;+1/p-3. The van der Waals surface area contributed by atoms with E-state index >= 15 is 0 Å². The van der Waals surface area contributed by atoms with Crippen molar-refractivity contribution < 1.29 is 46.3 Å². The van der Waals surface area contributed by atoms with Crippen molar-refractivity contribution in [2.24, 2.45) is 16.0 Å². The van der Waals surface area contributed by atoms with E-state index in [9.17, 15) is 0 Å². The van der Waals surface area contributed by atoms with Crippen LogP contribution in [0.3, 0.4) is 0 Å². The molecule has 0 N–H and O–H groups in total. The van der Waals surface area contributed by atoms with Crippen LogP contribution < -0.4 is 29.6 Å². The summed E-state index contributed by atoms with van der Waals surface area (Å²) in [5.74, 6) is 0. The molecule has 0 aromatic heterocycles. The number of nitrogens with zero attached hydrogens (tertiary/aromatic N) is 3. The molecular weight excluding hydrogens is 220 g/mol. The van der Waals surface area contributed by atoms with Crippen LogP contribution in [0.2, 0.25) is 0 Å². The molecule has 11 heavy (non-hydrogen) atoms. The second-order valence-corrected chi connectivity index (χ2v) is 0.224. The third kappa shape index (κ3) is 6690. The second kappa shape index (κ2) is 100. The van der Waals surface area contributed by atoms with Crippen molar-refractivity contribution in [2.45, 2.75) is 0 Å². The molecule has 0 heterocycles. The average Bonchev–Trinajstić information content (AvgIpc) is 1.70. The summed E-state index contributed by atoms with van der Waals surface area (Å²) in [5, 5.41) is 27.0. The maximum atomic E-state index is 8.00. The predicted molar refractivity (Wildman–Crippen MR) is 27.5 cm³/mol. The van der Waals surface area contributed by atoms with Crippen LogP contribution in [0, 0.1) is 30.3 Å². The van der Waals surface area contributed by atoms with Crippen LogP contribution in [0.25, 0.3) is 0 Å². The summed E-state index contributed by atoms with van der Waals surface area (Å²) in [7, 11) is 0. The number of rotatable bonds is 0. The summed E-state index contributed by atoms with van der Waals surface area (Å²) in [6, 6.07) is 0. The maximum Gasteiger partial charge on any atom is 2.00 e. The average molecular weight is 220 g/mol. The first-order valence-corrected chi connectivity index (χ1v) is 1.10. The zero-order valence-corrected chi connectivity index (χ0v) is 8.17. The molecule has 9 nitrogen and oxygen atoms in total. The van der Waals surface area contributed by atoms with Crippen molar-refractivity contribution in [1.29, 1.82) is 0 Å². The van der Waals surface area contributed by atoms with Gasteiger partial charge in [-0.2, -0.15) is 0 Å². The van der Waals surface area contributed by atoms with Crippen LogP contribution in [0.1, 0.15) is 0 Å². The zero-order chi connectivity index (χ0) is 8.12. The van der Waals surface area contributed by atoms with Crippen LogP contribution in [-0.2, 0) is 16.8 Å². The van der Waals surface area contributed by atoms with Gasteiger partial charge in [0.1, 0.15) is 0 Å². The van der Waals surface area contributed by atoms with Crippen LogP contribution in [0.5, 0.6) is 0 Å². The van der Waals surface area contributed by atoms with E-state index in [2.05, 4.69) is 0 Å². The third-order valence-corrected chi connectivity index (χ3v) is 0. The quantitative estimate of drug-likeness (QED) is 0.254. The van der Waals surface area contributed by atoms with Crippen molar-refractivity contribution in [3.8, 4) is 0 Å². The second-order valence-electron chi connectivity index (χ2n) is 0.224. The van der Waals surface area contributed by atoms with Crippen molar-refractivity contribution >= 4 is 0 Å². The van der Waals surface area contributed by atoms with Gasteiger partial charge >= 0.3 is 46.3 Å². The van der Waals surface area contributed by atoms with Gasteiger partial charge in [0.2, 0.25) is 0 Å². The SMILES string of the molecule is O=N[O-].O=N[O-].O=N[O-].[Co+2].[Na+]. The van der Waals surface area contributed by atoms with E-state index in [0.717, 1.165) is 16.0 Å². The van der Waals surface area contributed by atoms with Crippen molar-refractivity contribution in [1.82, 2.24) is 0 Å². The Bertz CT molecular complexity index is 54.6. The molecule has 1 radical (unpaired) electrons. The fourth-order valence-electron chi connectivity index (χ4n) is 0. The topological polar surface area (TPSA) is 157 Å². The van der Waals surface area contributed by atoms with E-state index in [1.165, 1.54) is 0 Å². The fourth-order valence-corrected chi connectivity index (χ4v) is 0. The number of hydrogen-bond acceptors (Lipinski definition) is 9. The Morgan fingerprint density at radius 3 is 0.727 bits per heavy atom. The third-order valence-electron chi connectivity index (χ3n) is 0. The van der Waals surface area contributed by atoms with E-state index in [1.807, 2.05) is 0 Å². The molecule has 0 amide bonds. The molecule has 0 saturated heterocycles. The molecular formula is CoN3NaO6. The molecule has 11 heteroatoms. The largest absolute Gasteiger partial charge is 2.00 e. The zero-order valence-electron chi connectivity index (χ0n) is 5.12. The molecule has 0 saturated carbocycles. The molecule has 61 valence electrons. The molecule has 0 aliphatic carbocycles. The summed E-state index contributed by atoms with van der Waals surface area (Å²) < 4.78 is 0. The van der Waals surface area contributed by atoms with E-state index in [4.69, 9.17) is 30.3 Å². The molecule has 0 aromatic carbocycles. The van der Waals surface area contributed by atoms with Gasteiger partial charge in [-0.3, -0.25) is 0 Å². The van der Waals surface area contributed by atoms with Crippen LogP contribution in [0.15, 0.2) is 16.0 Å². The fraction of sp³-hybridized carbons (Fsp3) is 0. The summed E-state index contributed by atoms with van der Waals surface area (Å²) in [6.45, 7) is 0. The molecule has 0 unspecified atom stereocenters. The van der Waals surface area contributed by atoms with Gasteiger partial charge in [0.15, 0.2) is 0 Å². The number of hydrogen-bond donors (Lipinski definition) is 0. The Balaban J connectivity index is -0.0000000150. The Labute approximate surface area is 92.4 Å². The Hall–Kier alpha value is -0.294. The molecule has 0 atom stereocenters. The molecule has 0 aliphatic heterocycles. The molecule has 0 aliphatic rings. The van der Waals surface area contributed by atoms with Gasteiger partial charge in [0.05, 0.1) is 0 Å². The first kappa shape index (κ1) is 31.0. The summed E-state index contributed by atoms with van der Waals surface area (Å²) in [6.07, 6.45) is 0. The summed E-state index contributed by atoms with van der Waals surface area (Å²) in [4.78, 5) is 24.0. The summed E-state index contributed by atoms with van der Waals surface area (Å²) >= 11 is 0. The smallest absolute Gasteiger partial charge is 0.444 e. The van der Waals surface area contributed by atoms with Crippen LogP contribution in [0.4, 0.5) is 0 Å². The summed E-state index contributed by atoms with van der Waals surface area (Å²) in [5.41, 5.74) is 0. The minimum absolute atomic E-state index is 0. The molecule has 0 bridgehead atoms. The van der Waals surface area contributed by atoms with Crippen LogP contribution in [-0.4, -0.2) is 0 Å². The molecule has 0 aromatic rings. The Morgan fingerprint density at radius 1 is 0.727 bits per heavy atom. The van der Waals surface area contributed by atoms with E-state index < -0.39 is 0 Å². The molecule has 0 spiro atoms. The Morgan fingerprint density at radius 2 is 0.727 bits per heavy atom. The normalized spacial score (nSPS) is 3.27. The van der Waals surface area contributed by atoms with Gasteiger partial charge in [-0.25, -0.2) is 0 Å². The molecule has 0 rings (SSSR count). The van der Waals surface area contributed by atoms with E-state index in [-0.39, 0.29) is 46.3 Å². The van der Waals surface area contributed by atoms with E-state index in [0.29, 0.717) is 0 Å². The monoisotopic (exact) mass is 220 g/mol. The minimum atomic E-state index is 0. The van der Waals surface area contributed by atoms with Gasteiger partial charge in [-0.05, 0) is 0 Å². The minimum Gasteiger partial charge on any atom is -0.444 e. The van der Waals surface area contributed by atoms with Crippen molar-refractivity contribution in [3.63, 3.8) is 0 Å². The Kier molecular flexibility index (Phi) is 283. The first-order valence-electron chi connectivity index (χ1n) is 1.10. The van der Waals surface area contributed by atoms with Gasteiger partial charge in [0.25, 0.3) is 0 Å². The van der Waals surface area contributed by atoms with Gasteiger partial charge in [-0.15, -0.1) is 16.0 Å². The van der Waals surface area contributed by atoms with Crippen molar-refractivity contribution in [3.05, 3.63) is 30.3 Å². The van der Waals surface area contributed by atoms with Gasteiger partial charge in [-0.1, -0.05) is 0 Å². The van der Waals surface area contributed by atoms with Gasteiger partial charge in [0, 0.05) is 0 Å². The van der Waals surface area contributed by atoms with Crippen molar-refractivity contribution in [2.75, 3.05) is 0 Å². The maximum absolute atomic E-state index is 8.00. The first-order chi connectivity index (χ1) is 4.24.